The first-order valence-electron chi connectivity index (χ1n) is 8.37. The minimum atomic E-state index is -0.214. The van der Waals surface area contributed by atoms with Gasteiger partial charge in [0.2, 0.25) is 0 Å². The molecular weight excluding hydrogens is 428 g/mol. The molecule has 3 aromatic rings. The van der Waals surface area contributed by atoms with Crippen LogP contribution in [-0.2, 0) is 4.79 Å². The summed E-state index contributed by atoms with van der Waals surface area (Å²) in [6.45, 7) is 7.81. The summed E-state index contributed by atoms with van der Waals surface area (Å²) in [6, 6.07) is 5.93. The Morgan fingerprint density at radius 2 is 1.96 bits per heavy atom. The van der Waals surface area contributed by atoms with Gasteiger partial charge >= 0.3 is 0 Å². The maximum absolute atomic E-state index is 12.5. The van der Waals surface area contributed by atoms with E-state index in [1.807, 2.05) is 45.9 Å². The predicted octanol–water partition coefficient (Wildman–Crippen LogP) is 4.60. The van der Waals surface area contributed by atoms with Crippen LogP contribution in [0.15, 0.2) is 22.7 Å². The van der Waals surface area contributed by atoms with Crippen LogP contribution in [0.1, 0.15) is 22.3 Å². The zero-order chi connectivity index (χ0) is 19.7. The number of benzene rings is 2. The summed E-state index contributed by atoms with van der Waals surface area (Å²) >= 11 is 4.95. The van der Waals surface area contributed by atoms with Crippen LogP contribution in [0.4, 0.5) is 10.8 Å². The number of ether oxygens (including phenoxy) is 1. The predicted molar refractivity (Wildman–Crippen MR) is 115 cm³/mol. The van der Waals surface area contributed by atoms with E-state index in [4.69, 9.17) is 10.6 Å². The quantitative estimate of drug-likeness (QED) is 0.392. The fraction of sp³-hybridized carbons (Fsp3) is 0.263. The van der Waals surface area contributed by atoms with E-state index in [1.165, 1.54) is 11.3 Å². The van der Waals surface area contributed by atoms with Gasteiger partial charge in [-0.3, -0.25) is 10.2 Å². The molecular formula is C19H21BrN4O2S. The number of nitrogens with two attached hydrogens (primary N) is 1. The summed E-state index contributed by atoms with van der Waals surface area (Å²) < 4.78 is 7.58. The minimum absolute atomic E-state index is 0.0717. The summed E-state index contributed by atoms with van der Waals surface area (Å²) in [5, 5.41) is 3.60. The SMILES string of the molecule is Cc1cc(C)c(OCC(=O)Nc2c(C)cc3nc(NN)sc3c2C)c(Br)c1. The number of hydrogen-bond acceptors (Lipinski definition) is 6. The van der Waals surface area contributed by atoms with Crippen LogP contribution in [0.2, 0.25) is 0 Å². The van der Waals surface area contributed by atoms with E-state index >= 15 is 0 Å². The maximum atomic E-state index is 12.5. The molecule has 0 aliphatic rings. The van der Waals surface area contributed by atoms with Crippen LogP contribution in [0, 0.1) is 27.7 Å². The second kappa shape index (κ2) is 7.84. The highest BCUT2D eigenvalue weighted by Gasteiger charge is 2.15. The molecule has 0 fully saturated rings. The molecule has 2 aromatic carbocycles. The van der Waals surface area contributed by atoms with E-state index in [0.29, 0.717) is 10.9 Å². The van der Waals surface area contributed by atoms with Gasteiger partial charge in [-0.25, -0.2) is 10.8 Å². The summed E-state index contributed by atoms with van der Waals surface area (Å²) in [7, 11) is 0. The van der Waals surface area contributed by atoms with Crippen molar-refractivity contribution in [3.05, 3.63) is 44.9 Å². The van der Waals surface area contributed by atoms with E-state index < -0.39 is 0 Å². The van der Waals surface area contributed by atoms with Gasteiger partial charge in [0, 0.05) is 5.69 Å². The van der Waals surface area contributed by atoms with Gasteiger partial charge in [-0.2, -0.15) is 0 Å². The van der Waals surface area contributed by atoms with Crippen molar-refractivity contribution in [1.82, 2.24) is 4.98 Å². The molecule has 0 aliphatic carbocycles. The van der Waals surface area contributed by atoms with Crippen molar-refractivity contribution in [2.45, 2.75) is 27.7 Å². The Morgan fingerprint density at radius 3 is 2.63 bits per heavy atom. The van der Waals surface area contributed by atoms with Gasteiger partial charge < -0.3 is 10.1 Å². The topological polar surface area (TPSA) is 89.3 Å². The minimum Gasteiger partial charge on any atom is -0.482 e. The van der Waals surface area contributed by atoms with Crippen LogP contribution in [0.25, 0.3) is 10.2 Å². The number of nitrogen functional groups attached to an aromatic ring is 1. The molecule has 4 N–H and O–H groups in total. The number of fused-ring (bicyclic) bond motifs is 1. The van der Waals surface area contributed by atoms with Crippen LogP contribution in [-0.4, -0.2) is 17.5 Å². The molecule has 0 spiro atoms. The molecule has 0 unspecified atom stereocenters. The van der Waals surface area contributed by atoms with Gasteiger partial charge in [-0.1, -0.05) is 17.4 Å². The van der Waals surface area contributed by atoms with E-state index in [1.54, 1.807) is 0 Å². The number of nitrogens with one attached hydrogen (secondary N) is 2. The van der Waals surface area contributed by atoms with Gasteiger partial charge in [-0.15, -0.1) is 0 Å². The summed E-state index contributed by atoms with van der Waals surface area (Å²) in [6.07, 6.45) is 0. The first-order chi connectivity index (χ1) is 12.8. The molecule has 0 saturated carbocycles. The third-order valence-electron chi connectivity index (χ3n) is 4.23. The van der Waals surface area contributed by atoms with Crippen molar-refractivity contribution in [3.8, 4) is 5.75 Å². The number of anilines is 2. The molecule has 1 amide bonds. The molecule has 0 atom stereocenters. The Morgan fingerprint density at radius 1 is 1.22 bits per heavy atom. The molecule has 0 bridgehead atoms. The van der Waals surface area contributed by atoms with Crippen molar-refractivity contribution in [2.75, 3.05) is 17.3 Å². The van der Waals surface area contributed by atoms with Gasteiger partial charge in [-0.05, 0) is 78.0 Å². The average Bonchev–Trinajstić information content (AvgIpc) is 3.01. The van der Waals surface area contributed by atoms with Crippen LogP contribution in [0.3, 0.4) is 0 Å². The maximum Gasteiger partial charge on any atom is 0.262 e. The van der Waals surface area contributed by atoms with Crippen LogP contribution >= 0.6 is 27.3 Å². The summed E-state index contributed by atoms with van der Waals surface area (Å²) in [4.78, 5) is 16.9. The van der Waals surface area contributed by atoms with Gasteiger partial charge in [0.25, 0.3) is 5.91 Å². The van der Waals surface area contributed by atoms with Crippen LogP contribution in [0.5, 0.6) is 5.75 Å². The Balaban J connectivity index is 1.78. The first kappa shape index (κ1) is 19.6. The van der Waals surface area contributed by atoms with Gasteiger partial charge in [0.1, 0.15) is 5.75 Å². The number of carbonyl (C=O) groups is 1. The number of halogens is 1. The fourth-order valence-electron chi connectivity index (χ4n) is 3.04. The number of nitrogens with zero attached hydrogens (tertiary/aromatic N) is 1. The largest absolute Gasteiger partial charge is 0.482 e. The second-order valence-corrected chi connectivity index (χ2v) is 8.29. The number of hydrogen-bond donors (Lipinski definition) is 3. The number of amides is 1. The third kappa shape index (κ3) is 4.07. The smallest absolute Gasteiger partial charge is 0.262 e. The van der Waals surface area contributed by atoms with E-state index in [-0.39, 0.29) is 12.5 Å². The van der Waals surface area contributed by atoms with Crippen molar-refractivity contribution in [3.63, 3.8) is 0 Å². The number of rotatable bonds is 5. The Labute approximate surface area is 170 Å². The molecule has 0 aliphatic heterocycles. The molecule has 0 radical (unpaired) electrons. The number of aromatic nitrogens is 1. The lowest BCUT2D eigenvalue weighted by molar-refractivity contribution is -0.118. The highest BCUT2D eigenvalue weighted by molar-refractivity contribution is 9.10. The highest BCUT2D eigenvalue weighted by Crippen LogP contribution is 2.35. The van der Waals surface area contributed by atoms with E-state index in [2.05, 4.69) is 31.7 Å². The van der Waals surface area contributed by atoms with E-state index in [9.17, 15) is 4.79 Å². The summed E-state index contributed by atoms with van der Waals surface area (Å²) in [5.74, 6) is 5.92. The lowest BCUT2D eigenvalue weighted by Crippen LogP contribution is -2.21. The van der Waals surface area contributed by atoms with Crippen molar-refractivity contribution >= 4 is 54.2 Å². The Kier molecular flexibility index (Phi) is 5.69. The third-order valence-corrected chi connectivity index (χ3v) is 5.94. The lowest BCUT2D eigenvalue weighted by atomic mass is 10.1. The average molecular weight is 449 g/mol. The standard InChI is InChI=1S/C19H21BrN4O2S/c1-9-5-11(3)17(13(20)6-9)26-8-15(25)23-16-10(2)7-14-18(12(16)4)27-19(22-14)24-21/h5-7H,8,21H2,1-4H3,(H,22,24)(H,23,25). The van der Waals surface area contributed by atoms with Gasteiger partial charge in [0.05, 0.1) is 14.7 Å². The number of thiazole rings is 1. The molecule has 27 heavy (non-hydrogen) atoms. The van der Waals surface area contributed by atoms with E-state index in [0.717, 1.165) is 42.6 Å². The number of aryl methyl sites for hydroxylation is 4. The molecule has 1 aromatic heterocycles. The Bertz CT molecular complexity index is 1010. The number of hydrazine groups is 1. The first-order valence-corrected chi connectivity index (χ1v) is 9.98. The molecule has 6 nitrogen and oxygen atoms in total. The van der Waals surface area contributed by atoms with Crippen molar-refractivity contribution in [1.29, 1.82) is 0 Å². The normalized spacial score (nSPS) is 10.9. The molecule has 8 heteroatoms. The fourth-order valence-corrected chi connectivity index (χ4v) is 4.69. The molecule has 3 rings (SSSR count). The van der Waals surface area contributed by atoms with Crippen LogP contribution < -0.4 is 21.3 Å². The molecule has 142 valence electrons. The molecule has 1 heterocycles. The summed E-state index contributed by atoms with van der Waals surface area (Å²) in [5.41, 5.74) is 8.23. The second-order valence-electron chi connectivity index (χ2n) is 6.43. The zero-order valence-electron chi connectivity index (χ0n) is 15.6. The molecule has 0 saturated heterocycles. The monoisotopic (exact) mass is 448 g/mol. The lowest BCUT2D eigenvalue weighted by Gasteiger charge is -2.14. The Hall–Kier alpha value is -2.16. The number of carbonyl (C=O) groups excluding carboxylic acids is 1. The van der Waals surface area contributed by atoms with Gasteiger partial charge in [0.15, 0.2) is 11.7 Å². The van der Waals surface area contributed by atoms with Crippen molar-refractivity contribution in [2.24, 2.45) is 5.84 Å². The van der Waals surface area contributed by atoms with Crippen molar-refractivity contribution < 1.29 is 9.53 Å². The highest BCUT2D eigenvalue weighted by atomic mass is 79.9. The zero-order valence-corrected chi connectivity index (χ0v) is 18.0.